The Morgan fingerprint density at radius 1 is 0.760 bits per heavy atom. The quantitative estimate of drug-likeness (QED) is 0.527. The number of benzene rings is 2. The maximum atomic E-state index is 6.32. The van der Waals surface area contributed by atoms with Gasteiger partial charge in [0.2, 0.25) is 0 Å². The molecule has 0 amide bonds. The van der Waals surface area contributed by atoms with E-state index in [0.29, 0.717) is 0 Å². The van der Waals surface area contributed by atoms with E-state index in [-0.39, 0.29) is 10.8 Å². The minimum Gasteiger partial charge on any atom is -0.453 e. The monoisotopic (exact) mass is 337 g/mol. The van der Waals surface area contributed by atoms with E-state index in [9.17, 15) is 0 Å². The average Bonchev–Trinajstić information content (AvgIpc) is 2.64. The molecule has 0 fully saturated rings. The zero-order chi connectivity index (χ0) is 18.2. The molecule has 2 nitrogen and oxygen atoms in total. The molecule has 1 aliphatic heterocycles. The molecule has 0 unspecified atom stereocenters. The molecule has 0 atom stereocenters. The van der Waals surface area contributed by atoms with Crippen LogP contribution in [-0.4, -0.2) is 0 Å². The predicted octanol–water partition coefficient (Wildman–Crippen LogP) is 7.30. The molecule has 0 radical (unpaired) electrons. The van der Waals surface area contributed by atoms with Gasteiger partial charge in [-0.2, -0.15) is 0 Å². The molecule has 25 heavy (non-hydrogen) atoms. The summed E-state index contributed by atoms with van der Waals surface area (Å²) in [5.41, 5.74) is 5.13. The zero-order valence-corrected chi connectivity index (χ0v) is 16.5. The minimum absolute atomic E-state index is 0.156. The normalized spacial score (nSPS) is 13.5. The summed E-state index contributed by atoms with van der Waals surface area (Å²) in [5.74, 6) is 1.86. The van der Waals surface area contributed by atoms with Crippen LogP contribution in [-0.2, 0) is 10.8 Å². The van der Waals surface area contributed by atoms with Crippen molar-refractivity contribution in [3.8, 4) is 11.5 Å². The van der Waals surface area contributed by atoms with Gasteiger partial charge in [0.05, 0.1) is 11.4 Å². The largest absolute Gasteiger partial charge is 0.453 e. The molecule has 0 bridgehead atoms. The van der Waals surface area contributed by atoms with Gasteiger partial charge in [0, 0.05) is 0 Å². The fourth-order valence-corrected chi connectivity index (χ4v) is 3.34. The molecule has 2 heteroatoms. The SMILES string of the molecule is CCC(C)(C)c1ccc2c(c1)Oc1cc(C(C)(CC)CC)ccc1N2. The van der Waals surface area contributed by atoms with E-state index in [2.05, 4.69) is 83.3 Å². The third-order valence-electron chi connectivity index (χ3n) is 6.38. The third-order valence-corrected chi connectivity index (χ3v) is 6.38. The van der Waals surface area contributed by atoms with Crippen LogP contribution in [0.15, 0.2) is 36.4 Å². The first kappa shape index (κ1) is 17.8. The molecule has 134 valence electrons. The highest BCUT2D eigenvalue weighted by Gasteiger charge is 2.26. The summed E-state index contributed by atoms with van der Waals surface area (Å²) < 4.78 is 6.32. The second-order valence-corrected chi connectivity index (χ2v) is 8.15. The van der Waals surface area contributed by atoms with Crippen molar-refractivity contribution < 1.29 is 4.74 Å². The fourth-order valence-electron chi connectivity index (χ4n) is 3.34. The van der Waals surface area contributed by atoms with Gasteiger partial charge in [-0.05, 0) is 65.5 Å². The number of hydrogen-bond donors (Lipinski definition) is 1. The first-order valence-electron chi connectivity index (χ1n) is 9.57. The number of hydrogen-bond acceptors (Lipinski definition) is 2. The van der Waals surface area contributed by atoms with E-state index < -0.39 is 0 Å². The van der Waals surface area contributed by atoms with Crippen molar-refractivity contribution in [2.24, 2.45) is 0 Å². The molecule has 0 saturated carbocycles. The van der Waals surface area contributed by atoms with Gasteiger partial charge in [-0.1, -0.05) is 53.7 Å². The van der Waals surface area contributed by atoms with Gasteiger partial charge in [-0.3, -0.25) is 0 Å². The number of ether oxygens (including phenoxy) is 1. The van der Waals surface area contributed by atoms with E-state index in [1.54, 1.807) is 0 Å². The molecule has 2 aromatic rings. The molecule has 0 aliphatic carbocycles. The second-order valence-electron chi connectivity index (χ2n) is 8.15. The maximum Gasteiger partial charge on any atom is 0.151 e. The van der Waals surface area contributed by atoms with Crippen LogP contribution < -0.4 is 10.1 Å². The lowest BCUT2D eigenvalue weighted by Gasteiger charge is -2.30. The standard InChI is InChI=1S/C23H31NO/c1-7-22(4,5)16-10-12-18-20(14-16)25-21-15-17(11-13-19(21)24-18)23(6,8-2)9-3/h10-15,24H,7-9H2,1-6H3. The molecular formula is C23H31NO. The van der Waals surface area contributed by atoms with Crippen LogP contribution in [0, 0.1) is 0 Å². The van der Waals surface area contributed by atoms with E-state index in [1.807, 2.05) is 0 Å². The van der Waals surface area contributed by atoms with Crippen LogP contribution in [0.4, 0.5) is 11.4 Å². The Hall–Kier alpha value is -1.96. The Morgan fingerprint density at radius 2 is 1.28 bits per heavy atom. The Morgan fingerprint density at radius 3 is 1.80 bits per heavy atom. The lowest BCUT2D eigenvalue weighted by molar-refractivity contribution is 0.431. The number of rotatable bonds is 5. The van der Waals surface area contributed by atoms with E-state index in [4.69, 9.17) is 4.74 Å². The van der Waals surface area contributed by atoms with Crippen LogP contribution in [0.25, 0.3) is 0 Å². The Bertz CT molecular complexity index is 772. The van der Waals surface area contributed by atoms with Crippen molar-refractivity contribution in [3.63, 3.8) is 0 Å². The van der Waals surface area contributed by atoms with Crippen molar-refractivity contribution in [2.45, 2.75) is 71.6 Å². The minimum atomic E-state index is 0.156. The van der Waals surface area contributed by atoms with Crippen molar-refractivity contribution in [1.29, 1.82) is 0 Å². The predicted molar refractivity (Wildman–Crippen MR) is 107 cm³/mol. The first-order valence-corrected chi connectivity index (χ1v) is 9.57. The van der Waals surface area contributed by atoms with E-state index in [0.717, 1.165) is 42.1 Å². The maximum absolute atomic E-state index is 6.32. The summed E-state index contributed by atoms with van der Waals surface area (Å²) in [4.78, 5) is 0. The van der Waals surface area contributed by atoms with Gasteiger partial charge < -0.3 is 10.1 Å². The lowest BCUT2D eigenvalue weighted by Crippen LogP contribution is -2.20. The summed E-state index contributed by atoms with van der Waals surface area (Å²) >= 11 is 0. The molecule has 1 heterocycles. The Labute approximate surface area is 152 Å². The highest BCUT2D eigenvalue weighted by atomic mass is 16.5. The van der Waals surface area contributed by atoms with Gasteiger partial charge in [0.1, 0.15) is 0 Å². The molecule has 2 aromatic carbocycles. The van der Waals surface area contributed by atoms with E-state index in [1.165, 1.54) is 11.1 Å². The average molecular weight is 338 g/mol. The van der Waals surface area contributed by atoms with Crippen molar-refractivity contribution >= 4 is 11.4 Å². The highest BCUT2D eigenvalue weighted by Crippen LogP contribution is 2.46. The van der Waals surface area contributed by atoms with Crippen molar-refractivity contribution in [3.05, 3.63) is 47.5 Å². The number of anilines is 2. The fraction of sp³-hybridized carbons (Fsp3) is 0.478. The van der Waals surface area contributed by atoms with Gasteiger partial charge in [0.15, 0.2) is 11.5 Å². The van der Waals surface area contributed by atoms with Gasteiger partial charge in [0.25, 0.3) is 0 Å². The summed E-state index contributed by atoms with van der Waals surface area (Å²) in [6, 6.07) is 13.2. The zero-order valence-electron chi connectivity index (χ0n) is 16.5. The van der Waals surface area contributed by atoms with Crippen LogP contribution in [0.2, 0.25) is 0 Å². The molecule has 0 saturated heterocycles. The van der Waals surface area contributed by atoms with Crippen LogP contribution in [0.1, 0.15) is 71.9 Å². The summed E-state index contributed by atoms with van der Waals surface area (Å²) in [7, 11) is 0. The molecule has 1 N–H and O–H groups in total. The molecule has 0 spiro atoms. The van der Waals surface area contributed by atoms with E-state index >= 15 is 0 Å². The van der Waals surface area contributed by atoms with Crippen molar-refractivity contribution in [1.82, 2.24) is 0 Å². The van der Waals surface area contributed by atoms with Gasteiger partial charge in [-0.25, -0.2) is 0 Å². The first-order chi connectivity index (χ1) is 11.8. The van der Waals surface area contributed by atoms with Crippen LogP contribution >= 0.6 is 0 Å². The number of nitrogens with one attached hydrogen (secondary N) is 1. The third kappa shape index (κ3) is 3.15. The summed E-state index contributed by atoms with van der Waals surface area (Å²) in [6.07, 6.45) is 3.35. The molecular weight excluding hydrogens is 306 g/mol. The second kappa shape index (κ2) is 6.40. The molecule has 1 aliphatic rings. The van der Waals surface area contributed by atoms with Crippen LogP contribution in [0.5, 0.6) is 11.5 Å². The highest BCUT2D eigenvalue weighted by molar-refractivity contribution is 5.76. The Kier molecular flexibility index (Phi) is 4.57. The van der Waals surface area contributed by atoms with Crippen molar-refractivity contribution in [2.75, 3.05) is 5.32 Å². The summed E-state index contributed by atoms with van der Waals surface area (Å²) in [6.45, 7) is 13.7. The molecule has 0 aromatic heterocycles. The lowest BCUT2D eigenvalue weighted by atomic mass is 9.77. The topological polar surface area (TPSA) is 21.3 Å². The Balaban J connectivity index is 1.97. The smallest absolute Gasteiger partial charge is 0.151 e. The van der Waals surface area contributed by atoms with Gasteiger partial charge >= 0.3 is 0 Å². The number of fused-ring (bicyclic) bond motifs is 2. The van der Waals surface area contributed by atoms with Crippen LogP contribution in [0.3, 0.4) is 0 Å². The molecule has 3 rings (SSSR count). The summed E-state index contributed by atoms with van der Waals surface area (Å²) in [5, 5.41) is 3.53. The van der Waals surface area contributed by atoms with Gasteiger partial charge in [-0.15, -0.1) is 0 Å².